The maximum atomic E-state index is 12.6. The standard InChI is InChI=1S/C18H12N2O4S2/c1-11-5-7-13(8-6-11)16(21)19-17(22)15(26-18(19)25)10-12-3-2-4-14(9-12)20(23)24/h2-10H,1H3. The minimum Gasteiger partial charge on any atom is -0.268 e. The third-order valence-corrected chi connectivity index (χ3v) is 4.98. The molecule has 26 heavy (non-hydrogen) atoms. The number of carbonyl (C=O) groups excluding carboxylic acids is 2. The van der Waals surface area contributed by atoms with Crippen LogP contribution in [0.15, 0.2) is 53.4 Å². The lowest BCUT2D eigenvalue weighted by Crippen LogP contribution is -2.34. The highest BCUT2D eigenvalue weighted by molar-refractivity contribution is 8.26. The molecule has 1 aliphatic heterocycles. The van der Waals surface area contributed by atoms with Gasteiger partial charge in [0.2, 0.25) is 0 Å². The van der Waals surface area contributed by atoms with Crippen LogP contribution in [-0.2, 0) is 4.79 Å². The second-order valence-electron chi connectivity index (χ2n) is 5.54. The first-order valence-corrected chi connectivity index (χ1v) is 8.73. The number of nitro benzene ring substituents is 1. The van der Waals surface area contributed by atoms with Gasteiger partial charge in [0.1, 0.15) is 0 Å². The Morgan fingerprint density at radius 2 is 1.92 bits per heavy atom. The van der Waals surface area contributed by atoms with E-state index < -0.39 is 16.7 Å². The van der Waals surface area contributed by atoms with Crippen LogP contribution >= 0.6 is 24.0 Å². The van der Waals surface area contributed by atoms with E-state index in [1.54, 1.807) is 30.3 Å². The smallest absolute Gasteiger partial charge is 0.268 e. The van der Waals surface area contributed by atoms with Crippen LogP contribution in [0.4, 0.5) is 5.69 Å². The van der Waals surface area contributed by atoms with Crippen molar-refractivity contribution in [3.05, 3.63) is 80.2 Å². The molecule has 0 N–H and O–H groups in total. The Balaban J connectivity index is 1.89. The Bertz CT molecular complexity index is 967. The van der Waals surface area contributed by atoms with Crippen LogP contribution in [0.2, 0.25) is 0 Å². The second-order valence-corrected chi connectivity index (χ2v) is 7.22. The van der Waals surface area contributed by atoms with Gasteiger partial charge in [0, 0.05) is 17.7 Å². The van der Waals surface area contributed by atoms with Gasteiger partial charge >= 0.3 is 0 Å². The maximum absolute atomic E-state index is 12.6. The van der Waals surface area contributed by atoms with Crippen LogP contribution in [0.5, 0.6) is 0 Å². The summed E-state index contributed by atoms with van der Waals surface area (Å²) < 4.78 is 0.136. The Morgan fingerprint density at radius 3 is 2.58 bits per heavy atom. The topological polar surface area (TPSA) is 80.5 Å². The molecule has 0 atom stereocenters. The molecule has 3 rings (SSSR count). The first kappa shape index (κ1) is 18.0. The molecule has 8 heteroatoms. The largest absolute Gasteiger partial charge is 0.273 e. The van der Waals surface area contributed by atoms with Crippen molar-refractivity contribution in [3.63, 3.8) is 0 Å². The van der Waals surface area contributed by atoms with Crippen molar-refractivity contribution in [2.24, 2.45) is 0 Å². The van der Waals surface area contributed by atoms with Crippen LogP contribution < -0.4 is 0 Å². The number of non-ortho nitro benzene ring substituents is 1. The average molecular weight is 384 g/mol. The van der Waals surface area contributed by atoms with E-state index in [-0.39, 0.29) is 14.9 Å². The molecule has 0 aromatic heterocycles. The highest BCUT2D eigenvalue weighted by Crippen LogP contribution is 2.34. The Kier molecular flexibility index (Phi) is 4.97. The highest BCUT2D eigenvalue weighted by atomic mass is 32.2. The summed E-state index contributed by atoms with van der Waals surface area (Å²) in [5.74, 6) is -1.02. The van der Waals surface area contributed by atoms with E-state index in [4.69, 9.17) is 12.2 Å². The maximum Gasteiger partial charge on any atom is 0.273 e. The zero-order valence-electron chi connectivity index (χ0n) is 13.5. The van der Waals surface area contributed by atoms with Gasteiger partial charge in [0.15, 0.2) is 4.32 Å². The summed E-state index contributed by atoms with van der Waals surface area (Å²) in [6.45, 7) is 1.90. The molecule has 2 amide bonds. The van der Waals surface area contributed by atoms with Crippen molar-refractivity contribution in [1.29, 1.82) is 0 Å². The number of hydrogen-bond donors (Lipinski definition) is 0. The SMILES string of the molecule is Cc1ccc(C(=O)N2C(=O)C(=Cc3cccc([N+](=O)[O-])c3)SC2=S)cc1. The van der Waals surface area contributed by atoms with Gasteiger partial charge in [-0.25, -0.2) is 4.90 Å². The van der Waals surface area contributed by atoms with Gasteiger partial charge in [-0.05, 0) is 30.7 Å². The monoisotopic (exact) mass is 384 g/mol. The van der Waals surface area contributed by atoms with Crippen molar-refractivity contribution in [2.45, 2.75) is 6.92 Å². The van der Waals surface area contributed by atoms with Gasteiger partial charge in [-0.15, -0.1) is 0 Å². The van der Waals surface area contributed by atoms with Gasteiger partial charge in [-0.1, -0.05) is 53.8 Å². The lowest BCUT2D eigenvalue weighted by atomic mass is 10.1. The van der Waals surface area contributed by atoms with Crippen molar-refractivity contribution >= 4 is 51.9 Å². The van der Waals surface area contributed by atoms with E-state index in [2.05, 4.69) is 0 Å². The zero-order chi connectivity index (χ0) is 18.8. The number of benzene rings is 2. The number of rotatable bonds is 3. The molecular weight excluding hydrogens is 372 g/mol. The van der Waals surface area contributed by atoms with Crippen molar-refractivity contribution < 1.29 is 14.5 Å². The molecule has 0 unspecified atom stereocenters. The third kappa shape index (κ3) is 3.56. The number of carbonyl (C=O) groups is 2. The molecule has 0 radical (unpaired) electrons. The summed E-state index contributed by atoms with van der Waals surface area (Å²) in [4.78, 5) is 36.8. The van der Waals surface area contributed by atoms with Crippen LogP contribution in [0.1, 0.15) is 21.5 Å². The molecule has 0 aliphatic carbocycles. The first-order valence-electron chi connectivity index (χ1n) is 7.50. The molecule has 1 heterocycles. The molecule has 0 spiro atoms. The molecule has 0 saturated carbocycles. The van der Waals surface area contributed by atoms with E-state index in [1.165, 1.54) is 24.3 Å². The normalized spacial score (nSPS) is 15.6. The van der Waals surface area contributed by atoms with E-state index >= 15 is 0 Å². The molecule has 1 aliphatic rings. The van der Waals surface area contributed by atoms with Crippen molar-refractivity contribution in [1.82, 2.24) is 4.90 Å². The molecule has 0 bridgehead atoms. The minimum atomic E-state index is -0.530. The number of thioether (sulfide) groups is 1. The van der Waals surface area contributed by atoms with Crippen molar-refractivity contribution in [2.75, 3.05) is 0 Å². The average Bonchev–Trinajstić information content (AvgIpc) is 2.89. The molecular formula is C18H12N2O4S2. The summed E-state index contributed by atoms with van der Waals surface area (Å²) >= 11 is 6.17. The predicted molar refractivity (Wildman–Crippen MR) is 104 cm³/mol. The van der Waals surface area contributed by atoms with E-state index in [0.717, 1.165) is 22.2 Å². The predicted octanol–water partition coefficient (Wildman–Crippen LogP) is 3.94. The summed E-state index contributed by atoms with van der Waals surface area (Å²) in [5, 5.41) is 10.9. The van der Waals surface area contributed by atoms with Gasteiger partial charge < -0.3 is 0 Å². The quantitative estimate of drug-likeness (QED) is 0.262. The van der Waals surface area contributed by atoms with E-state index in [0.29, 0.717) is 11.1 Å². The van der Waals surface area contributed by atoms with E-state index in [9.17, 15) is 19.7 Å². The molecule has 1 fully saturated rings. The Morgan fingerprint density at radius 1 is 1.23 bits per heavy atom. The number of aryl methyl sites for hydroxylation is 1. The lowest BCUT2D eigenvalue weighted by molar-refractivity contribution is -0.384. The number of nitro groups is 1. The lowest BCUT2D eigenvalue weighted by Gasteiger charge is -2.12. The number of imide groups is 1. The first-order chi connectivity index (χ1) is 12.4. The van der Waals surface area contributed by atoms with Gasteiger partial charge in [-0.3, -0.25) is 19.7 Å². The number of amides is 2. The summed E-state index contributed by atoms with van der Waals surface area (Å²) in [6.07, 6.45) is 1.49. The highest BCUT2D eigenvalue weighted by Gasteiger charge is 2.37. The Hall–Kier alpha value is -2.84. The minimum absolute atomic E-state index is 0.0787. The van der Waals surface area contributed by atoms with Gasteiger partial charge in [-0.2, -0.15) is 0 Å². The number of thiocarbonyl (C=S) groups is 1. The second kappa shape index (κ2) is 7.19. The molecule has 1 saturated heterocycles. The molecule has 2 aromatic rings. The van der Waals surface area contributed by atoms with Gasteiger partial charge in [0.05, 0.1) is 9.83 Å². The molecule has 130 valence electrons. The fourth-order valence-electron chi connectivity index (χ4n) is 2.35. The molecule has 2 aromatic carbocycles. The summed E-state index contributed by atoms with van der Waals surface area (Å²) in [5.41, 5.74) is 1.77. The summed E-state index contributed by atoms with van der Waals surface area (Å²) in [7, 11) is 0. The zero-order valence-corrected chi connectivity index (χ0v) is 15.2. The van der Waals surface area contributed by atoms with Crippen LogP contribution in [0.3, 0.4) is 0 Å². The summed E-state index contributed by atoms with van der Waals surface area (Å²) in [6, 6.07) is 12.7. The van der Waals surface area contributed by atoms with Gasteiger partial charge in [0.25, 0.3) is 17.5 Å². The van der Waals surface area contributed by atoms with Crippen LogP contribution in [0.25, 0.3) is 6.08 Å². The third-order valence-electron chi connectivity index (χ3n) is 3.67. The Labute approximate surface area is 158 Å². The van der Waals surface area contributed by atoms with Crippen molar-refractivity contribution in [3.8, 4) is 0 Å². The number of nitrogens with zero attached hydrogens (tertiary/aromatic N) is 2. The fourth-order valence-corrected chi connectivity index (χ4v) is 3.60. The van der Waals surface area contributed by atoms with Crippen LogP contribution in [-0.4, -0.2) is 26.0 Å². The number of hydrogen-bond acceptors (Lipinski definition) is 6. The van der Waals surface area contributed by atoms with Crippen LogP contribution in [0, 0.1) is 17.0 Å². The molecule has 6 nitrogen and oxygen atoms in total. The van der Waals surface area contributed by atoms with E-state index in [1.807, 2.05) is 6.92 Å². The fraction of sp³-hybridized carbons (Fsp3) is 0.0556.